The minimum atomic E-state index is -0.209. The van der Waals surface area contributed by atoms with Crippen LogP contribution in [-0.2, 0) is 9.53 Å². The Balaban J connectivity index is 1.54. The van der Waals surface area contributed by atoms with Crippen molar-refractivity contribution in [1.82, 2.24) is 4.98 Å². The Kier molecular flexibility index (Phi) is 5.89. The molecular weight excluding hydrogens is 330 g/mol. The lowest BCUT2D eigenvalue weighted by molar-refractivity contribution is -0.141. The molecule has 1 fully saturated rings. The normalized spacial score (nSPS) is 20.0. The molecule has 0 aliphatic heterocycles. The van der Waals surface area contributed by atoms with Crippen LogP contribution in [-0.4, -0.2) is 23.7 Å². The topological polar surface area (TPSA) is 68.4 Å². The van der Waals surface area contributed by atoms with Gasteiger partial charge in [0.15, 0.2) is 5.43 Å². The van der Waals surface area contributed by atoms with E-state index in [9.17, 15) is 9.59 Å². The Hall–Kier alpha value is -2.40. The van der Waals surface area contributed by atoms with E-state index < -0.39 is 0 Å². The largest absolute Gasteiger partial charge is 0.426 e. The molecule has 0 amide bonds. The summed E-state index contributed by atoms with van der Waals surface area (Å²) in [4.78, 5) is 27.2. The predicted molar refractivity (Wildman–Crippen MR) is 101 cm³/mol. The maximum absolute atomic E-state index is 12.4. The number of fused-ring (bicyclic) bond motifs is 1. The van der Waals surface area contributed by atoms with Gasteiger partial charge in [0.2, 0.25) is 0 Å². The summed E-state index contributed by atoms with van der Waals surface area (Å²) < 4.78 is 11.4. The number of ether oxygens (including phenoxy) is 2. The summed E-state index contributed by atoms with van der Waals surface area (Å²) in [5.41, 5.74) is 1.71. The van der Waals surface area contributed by atoms with Crippen LogP contribution in [0.4, 0.5) is 0 Å². The predicted octanol–water partition coefficient (Wildman–Crippen LogP) is 3.98. The van der Waals surface area contributed by atoms with E-state index in [1.807, 2.05) is 0 Å². The molecule has 0 radical (unpaired) electrons. The lowest BCUT2D eigenvalue weighted by Crippen LogP contribution is -2.29. The number of hydrogen-bond donors (Lipinski definition) is 1. The Labute approximate surface area is 153 Å². The first-order chi connectivity index (χ1) is 12.6. The second-order valence-corrected chi connectivity index (χ2v) is 6.86. The quantitative estimate of drug-likeness (QED) is 0.483. The highest BCUT2D eigenvalue weighted by Gasteiger charge is 2.28. The second kappa shape index (κ2) is 8.32. The Morgan fingerprint density at radius 3 is 2.73 bits per heavy atom. The van der Waals surface area contributed by atoms with Crippen molar-refractivity contribution in [3.05, 3.63) is 52.8 Å². The Morgan fingerprint density at radius 2 is 2.00 bits per heavy atom. The molecule has 0 bridgehead atoms. The number of benzene rings is 1. The molecular formula is C21H25NO4. The lowest BCUT2D eigenvalue weighted by atomic mass is 9.87. The van der Waals surface area contributed by atoms with Crippen LogP contribution in [0.2, 0.25) is 0 Å². The number of aromatic nitrogens is 1. The van der Waals surface area contributed by atoms with Crippen LogP contribution < -0.4 is 10.2 Å². The van der Waals surface area contributed by atoms with Crippen LogP contribution in [0, 0.1) is 5.92 Å². The molecule has 0 atom stereocenters. The third-order valence-corrected chi connectivity index (χ3v) is 4.98. The summed E-state index contributed by atoms with van der Waals surface area (Å²) in [7, 11) is 0. The van der Waals surface area contributed by atoms with Gasteiger partial charge in [-0.05, 0) is 44.2 Å². The number of H-pyrrole nitrogens is 1. The lowest BCUT2D eigenvalue weighted by Gasteiger charge is -2.27. The number of aromatic amines is 1. The van der Waals surface area contributed by atoms with Crippen molar-refractivity contribution in [2.24, 2.45) is 5.92 Å². The summed E-state index contributed by atoms with van der Waals surface area (Å²) in [6.45, 7) is 6.63. The van der Waals surface area contributed by atoms with Crippen molar-refractivity contribution in [1.29, 1.82) is 0 Å². The fraction of sp³-hybridized carbons (Fsp3) is 0.429. The van der Waals surface area contributed by atoms with Gasteiger partial charge in [-0.15, -0.1) is 0 Å². The smallest absolute Gasteiger partial charge is 0.314 e. The van der Waals surface area contributed by atoms with Crippen LogP contribution in [0.5, 0.6) is 5.75 Å². The molecule has 1 N–H and O–H groups in total. The zero-order valence-corrected chi connectivity index (χ0v) is 15.1. The maximum atomic E-state index is 12.4. The average molecular weight is 355 g/mol. The fourth-order valence-electron chi connectivity index (χ4n) is 3.22. The van der Waals surface area contributed by atoms with Crippen LogP contribution >= 0.6 is 0 Å². The van der Waals surface area contributed by atoms with E-state index in [0.29, 0.717) is 23.3 Å². The zero-order chi connectivity index (χ0) is 18.5. The molecule has 26 heavy (non-hydrogen) atoms. The van der Waals surface area contributed by atoms with Gasteiger partial charge in [0.1, 0.15) is 5.75 Å². The van der Waals surface area contributed by atoms with E-state index in [0.717, 1.165) is 37.7 Å². The molecule has 1 aromatic heterocycles. The van der Waals surface area contributed by atoms with Gasteiger partial charge in [0.05, 0.1) is 24.1 Å². The van der Waals surface area contributed by atoms with Gasteiger partial charge in [-0.1, -0.05) is 19.1 Å². The Bertz CT molecular complexity index is 846. The van der Waals surface area contributed by atoms with E-state index in [1.54, 1.807) is 24.4 Å². The fourth-order valence-corrected chi connectivity index (χ4v) is 3.22. The first-order valence-corrected chi connectivity index (χ1v) is 9.18. The zero-order valence-electron chi connectivity index (χ0n) is 15.1. The summed E-state index contributed by atoms with van der Waals surface area (Å²) in [5, 5.41) is 0.582. The molecule has 1 saturated carbocycles. The highest BCUT2D eigenvalue weighted by molar-refractivity contribution is 5.81. The molecule has 1 aliphatic carbocycles. The number of carbonyl (C=O) groups is 1. The van der Waals surface area contributed by atoms with Gasteiger partial charge in [0, 0.05) is 23.7 Å². The number of pyridine rings is 1. The number of carbonyl (C=O) groups excluding carboxylic acids is 1. The average Bonchev–Trinajstić information content (AvgIpc) is 2.66. The highest BCUT2D eigenvalue weighted by atomic mass is 16.5. The summed E-state index contributed by atoms with van der Waals surface area (Å²) >= 11 is 0. The first kappa shape index (κ1) is 18.4. The summed E-state index contributed by atoms with van der Waals surface area (Å²) in [6, 6.07) is 6.52. The van der Waals surface area contributed by atoms with E-state index in [2.05, 4.69) is 18.5 Å². The number of esters is 1. The number of rotatable bonds is 6. The minimum Gasteiger partial charge on any atom is -0.426 e. The van der Waals surface area contributed by atoms with Gasteiger partial charge in [-0.25, -0.2) is 0 Å². The molecule has 1 aliphatic rings. The van der Waals surface area contributed by atoms with Crippen LogP contribution in [0.3, 0.4) is 0 Å². The third-order valence-electron chi connectivity index (χ3n) is 4.98. The van der Waals surface area contributed by atoms with E-state index in [-0.39, 0.29) is 23.4 Å². The van der Waals surface area contributed by atoms with Crippen LogP contribution in [0.15, 0.2) is 47.4 Å². The Morgan fingerprint density at radius 1 is 1.23 bits per heavy atom. The minimum absolute atomic E-state index is 0.0549. The molecule has 0 saturated heterocycles. The molecule has 1 aromatic carbocycles. The molecule has 2 aromatic rings. The van der Waals surface area contributed by atoms with Gasteiger partial charge >= 0.3 is 5.97 Å². The van der Waals surface area contributed by atoms with Gasteiger partial charge in [-0.2, -0.15) is 0 Å². The molecule has 0 unspecified atom stereocenters. The van der Waals surface area contributed by atoms with E-state index in [4.69, 9.17) is 9.47 Å². The monoisotopic (exact) mass is 355 g/mol. The van der Waals surface area contributed by atoms with Gasteiger partial charge < -0.3 is 14.5 Å². The molecule has 0 spiro atoms. The van der Waals surface area contributed by atoms with Crippen molar-refractivity contribution in [2.45, 2.75) is 45.1 Å². The third kappa shape index (κ3) is 4.41. The molecule has 1 heterocycles. The van der Waals surface area contributed by atoms with Gasteiger partial charge in [-0.3, -0.25) is 9.59 Å². The first-order valence-electron chi connectivity index (χ1n) is 9.18. The summed E-state index contributed by atoms with van der Waals surface area (Å²) in [5.74, 6) is 0.149. The number of hydrogen-bond acceptors (Lipinski definition) is 4. The second-order valence-electron chi connectivity index (χ2n) is 6.86. The van der Waals surface area contributed by atoms with Crippen molar-refractivity contribution < 1.29 is 14.3 Å². The molecule has 138 valence electrons. The number of nitrogens with one attached hydrogen (secondary N) is 1. The van der Waals surface area contributed by atoms with Crippen molar-refractivity contribution in [3.63, 3.8) is 0 Å². The molecule has 5 nitrogen and oxygen atoms in total. The SMILES string of the molecule is C=C(CC)COC1CCC(C(=O)Oc2ccc3c(=O)cc[nH]c3c2)CC1. The molecule has 5 heteroatoms. The van der Waals surface area contributed by atoms with E-state index >= 15 is 0 Å². The van der Waals surface area contributed by atoms with Gasteiger partial charge in [0.25, 0.3) is 0 Å². The van der Waals surface area contributed by atoms with Crippen LogP contribution in [0.25, 0.3) is 10.9 Å². The van der Waals surface area contributed by atoms with Crippen molar-refractivity contribution in [2.75, 3.05) is 6.61 Å². The van der Waals surface area contributed by atoms with Crippen molar-refractivity contribution >= 4 is 16.9 Å². The summed E-state index contributed by atoms with van der Waals surface area (Å²) in [6.07, 6.45) is 5.99. The van der Waals surface area contributed by atoms with E-state index in [1.165, 1.54) is 6.07 Å². The van der Waals surface area contributed by atoms with Crippen LogP contribution in [0.1, 0.15) is 39.0 Å². The molecule has 3 rings (SSSR count). The standard InChI is InChI=1S/C21H25NO4/c1-3-14(2)13-25-16-6-4-15(5-7-16)21(24)26-17-8-9-18-19(12-17)22-11-10-20(18)23/h8-12,15-16H,2-7,13H2,1H3,(H,22,23). The maximum Gasteiger partial charge on any atom is 0.314 e. The highest BCUT2D eigenvalue weighted by Crippen LogP contribution is 2.28. The van der Waals surface area contributed by atoms with Crippen molar-refractivity contribution in [3.8, 4) is 5.75 Å².